The Morgan fingerprint density at radius 1 is 1.16 bits per heavy atom. The molecule has 0 fully saturated rings. The molecule has 0 saturated heterocycles. The van der Waals surface area contributed by atoms with Crippen LogP contribution < -0.4 is 10.0 Å². The van der Waals surface area contributed by atoms with E-state index in [-0.39, 0.29) is 16.5 Å². The number of nitrogens with zero attached hydrogens (tertiary/aromatic N) is 2. The number of sulfonamides is 1. The maximum Gasteiger partial charge on any atom is 0.270 e. The van der Waals surface area contributed by atoms with Crippen LogP contribution in [-0.4, -0.2) is 24.4 Å². The van der Waals surface area contributed by atoms with Gasteiger partial charge in [-0.15, -0.1) is 0 Å². The zero-order valence-corrected chi connectivity index (χ0v) is 17.3. The zero-order valence-electron chi connectivity index (χ0n) is 16.5. The lowest BCUT2D eigenvalue weighted by atomic mass is 10.2. The van der Waals surface area contributed by atoms with Gasteiger partial charge in [-0.3, -0.25) is 14.9 Å². The highest BCUT2D eigenvalue weighted by Crippen LogP contribution is 2.22. The number of aryl methyl sites for hydroxylation is 1. The van der Waals surface area contributed by atoms with Crippen molar-refractivity contribution < 1.29 is 22.7 Å². The van der Waals surface area contributed by atoms with E-state index in [0.29, 0.717) is 22.5 Å². The van der Waals surface area contributed by atoms with Gasteiger partial charge in [0.2, 0.25) is 11.8 Å². The number of nitrogens with one attached hydrogen (secondary N) is 2. The molecule has 0 radical (unpaired) electrons. The van der Waals surface area contributed by atoms with Crippen LogP contribution in [0.4, 0.5) is 17.3 Å². The molecule has 160 valence electrons. The van der Waals surface area contributed by atoms with Gasteiger partial charge in [-0.1, -0.05) is 17.3 Å². The van der Waals surface area contributed by atoms with Crippen molar-refractivity contribution in [2.75, 3.05) is 10.0 Å². The van der Waals surface area contributed by atoms with Gasteiger partial charge in [0.05, 0.1) is 15.5 Å². The molecule has 0 bridgehead atoms. The Kier molecular flexibility index (Phi) is 6.16. The molecule has 3 aromatic rings. The van der Waals surface area contributed by atoms with Crippen LogP contribution in [0, 0.1) is 24.0 Å². The van der Waals surface area contributed by atoms with Gasteiger partial charge < -0.3 is 9.84 Å². The fraction of sp³-hybridized carbons (Fsp3) is 0.100. The lowest BCUT2D eigenvalue weighted by molar-refractivity contribution is -0.384. The Morgan fingerprint density at radius 2 is 1.87 bits per heavy atom. The van der Waals surface area contributed by atoms with Gasteiger partial charge in [-0.25, -0.2) is 13.1 Å². The first-order valence-corrected chi connectivity index (χ1v) is 10.4. The van der Waals surface area contributed by atoms with Crippen molar-refractivity contribution in [3.63, 3.8) is 0 Å². The molecule has 2 aromatic carbocycles. The number of carbonyl (C=O) groups excluding carboxylic acids is 1. The normalized spacial score (nSPS) is 11.4. The molecule has 0 spiro atoms. The van der Waals surface area contributed by atoms with E-state index in [1.165, 1.54) is 54.6 Å². The molecule has 1 amide bonds. The standard InChI is InChI=1S/C20H18N4O6S/c1-13-14(2)22-30-20(13)23-31(28,29)18-9-7-16(8-10-18)21-19(25)11-6-15-4-3-5-17(12-15)24(26)27/h3-12,23H,1-2H3,(H,21,25). The minimum absolute atomic E-state index is 0.0221. The zero-order chi connectivity index (χ0) is 22.6. The number of amides is 1. The lowest BCUT2D eigenvalue weighted by Crippen LogP contribution is -2.13. The largest absolute Gasteiger partial charge is 0.337 e. The smallest absolute Gasteiger partial charge is 0.270 e. The fourth-order valence-electron chi connectivity index (χ4n) is 2.51. The number of non-ortho nitro benzene ring substituents is 1. The average molecular weight is 442 g/mol. The summed E-state index contributed by atoms with van der Waals surface area (Å²) < 4.78 is 32.3. The fourth-order valence-corrected chi connectivity index (χ4v) is 3.55. The second-order valence-corrected chi connectivity index (χ2v) is 8.21. The number of hydrogen-bond acceptors (Lipinski definition) is 7. The number of nitro groups is 1. The molecule has 3 rings (SSSR count). The van der Waals surface area contributed by atoms with Crippen molar-refractivity contribution in [1.82, 2.24) is 5.16 Å². The van der Waals surface area contributed by atoms with Crippen LogP contribution in [0.15, 0.2) is 64.0 Å². The summed E-state index contributed by atoms with van der Waals surface area (Å²) in [6, 6.07) is 11.4. The van der Waals surface area contributed by atoms with Crippen LogP contribution in [0.5, 0.6) is 0 Å². The Balaban J connectivity index is 1.66. The van der Waals surface area contributed by atoms with Crippen molar-refractivity contribution in [1.29, 1.82) is 0 Å². The number of hydrogen-bond donors (Lipinski definition) is 2. The first-order chi connectivity index (χ1) is 14.7. The van der Waals surface area contributed by atoms with E-state index in [1.54, 1.807) is 19.9 Å². The predicted octanol–water partition coefficient (Wildman–Crippen LogP) is 3.65. The van der Waals surface area contributed by atoms with Crippen molar-refractivity contribution in [3.05, 3.63) is 81.5 Å². The molecule has 31 heavy (non-hydrogen) atoms. The molecule has 1 aromatic heterocycles. The second kappa shape index (κ2) is 8.79. The van der Waals surface area contributed by atoms with Crippen molar-refractivity contribution in [2.45, 2.75) is 18.7 Å². The van der Waals surface area contributed by atoms with Gasteiger partial charge in [0.15, 0.2) is 0 Å². The first-order valence-electron chi connectivity index (χ1n) is 8.95. The maximum absolute atomic E-state index is 12.5. The van der Waals surface area contributed by atoms with Gasteiger partial charge >= 0.3 is 0 Å². The number of anilines is 2. The molecule has 1 heterocycles. The predicted molar refractivity (Wildman–Crippen MR) is 114 cm³/mol. The van der Waals surface area contributed by atoms with E-state index in [4.69, 9.17) is 4.52 Å². The molecule has 2 N–H and O–H groups in total. The third kappa shape index (κ3) is 5.34. The SMILES string of the molecule is Cc1noc(NS(=O)(=O)c2ccc(NC(=O)C=Cc3cccc([N+](=O)[O-])c3)cc2)c1C. The summed E-state index contributed by atoms with van der Waals surface area (Å²) in [6.45, 7) is 3.38. The summed E-state index contributed by atoms with van der Waals surface area (Å²) in [6.07, 6.45) is 2.66. The number of aromatic nitrogens is 1. The van der Waals surface area contributed by atoms with E-state index < -0.39 is 20.9 Å². The number of benzene rings is 2. The summed E-state index contributed by atoms with van der Waals surface area (Å²) in [5.41, 5.74) is 1.95. The molecule has 0 saturated carbocycles. The Bertz CT molecular complexity index is 1260. The second-order valence-electron chi connectivity index (χ2n) is 6.53. The van der Waals surface area contributed by atoms with Crippen molar-refractivity contribution in [2.24, 2.45) is 0 Å². The van der Waals surface area contributed by atoms with Crippen molar-refractivity contribution >= 4 is 39.3 Å². The van der Waals surface area contributed by atoms with Crippen LogP contribution >= 0.6 is 0 Å². The first kappa shape index (κ1) is 21.7. The van der Waals surface area contributed by atoms with E-state index in [1.807, 2.05) is 0 Å². The van der Waals surface area contributed by atoms with E-state index >= 15 is 0 Å². The summed E-state index contributed by atoms with van der Waals surface area (Å²) in [5, 5.41) is 17.1. The number of rotatable bonds is 7. The summed E-state index contributed by atoms with van der Waals surface area (Å²) >= 11 is 0. The summed E-state index contributed by atoms with van der Waals surface area (Å²) in [5.74, 6) is -0.436. The molecule has 0 aliphatic rings. The van der Waals surface area contributed by atoms with Gasteiger partial charge in [-0.2, -0.15) is 0 Å². The summed E-state index contributed by atoms with van der Waals surface area (Å²) in [7, 11) is -3.89. The third-order valence-corrected chi connectivity index (χ3v) is 5.67. The number of nitro benzene ring substituents is 1. The Labute approximate surface area is 177 Å². The molecule has 0 atom stereocenters. The summed E-state index contributed by atoms with van der Waals surface area (Å²) in [4.78, 5) is 22.3. The highest BCUT2D eigenvalue weighted by Gasteiger charge is 2.19. The van der Waals surface area contributed by atoms with Crippen molar-refractivity contribution in [3.8, 4) is 0 Å². The molecular weight excluding hydrogens is 424 g/mol. The molecule has 0 unspecified atom stereocenters. The molecule has 0 aliphatic carbocycles. The van der Waals surface area contributed by atoms with Gasteiger partial charge in [-0.05, 0) is 49.8 Å². The van der Waals surface area contributed by atoms with Crippen LogP contribution in [0.3, 0.4) is 0 Å². The van der Waals surface area contributed by atoms with Gasteiger partial charge in [0.1, 0.15) is 0 Å². The van der Waals surface area contributed by atoms with E-state index in [9.17, 15) is 23.3 Å². The van der Waals surface area contributed by atoms with E-state index in [2.05, 4.69) is 15.2 Å². The van der Waals surface area contributed by atoms with Crippen LogP contribution in [0.1, 0.15) is 16.8 Å². The maximum atomic E-state index is 12.5. The minimum Gasteiger partial charge on any atom is -0.337 e. The van der Waals surface area contributed by atoms with Crippen LogP contribution in [-0.2, 0) is 14.8 Å². The Hall–Kier alpha value is -3.99. The van der Waals surface area contributed by atoms with Gasteiger partial charge in [0.25, 0.3) is 15.7 Å². The van der Waals surface area contributed by atoms with E-state index in [0.717, 1.165) is 0 Å². The lowest BCUT2D eigenvalue weighted by Gasteiger charge is -2.07. The Morgan fingerprint density at radius 3 is 2.48 bits per heavy atom. The highest BCUT2D eigenvalue weighted by molar-refractivity contribution is 7.92. The highest BCUT2D eigenvalue weighted by atomic mass is 32.2. The quantitative estimate of drug-likeness (QED) is 0.323. The average Bonchev–Trinajstić information content (AvgIpc) is 3.04. The number of carbonyl (C=O) groups is 1. The van der Waals surface area contributed by atoms with Gasteiger partial charge in [0, 0.05) is 29.5 Å². The topological polar surface area (TPSA) is 144 Å². The third-order valence-electron chi connectivity index (χ3n) is 4.32. The van der Waals surface area contributed by atoms with Crippen LogP contribution in [0.25, 0.3) is 6.08 Å². The van der Waals surface area contributed by atoms with Crippen LogP contribution in [0.2, 0.25) is 0 Å². The molecule has 10 nitrogen and oxygen atoms in total. The molecular formula is C20H18N4O6S. The monoisotopic (exact) mass is 442 g/mol. The molecule has 11 heteroatoms. The minimum atomic E-state index is -3.89. The molecule has 0 aliphatic heterocycles.